The molecule has 2 atom stereocenters. The first-order valence-electron chi connectivity index (χ1n) is 4.69. The van der Waals surface area contributed by atoms with Gasteiger partial charge in [0.1, 0.15) is 0 Å². The van der Waals surface area contributed by atoms with Crippen LogP contribution in [0.5, 0.6) is 0 Å². The average Bonchev–Trinajstić information content (AvgIpc) is 2.15. The van der Waals surface area contributed by atoms with Crippen molar-refractivity contribution in [3.8, 4) is 0 Å². The number of amides is 2. The standard InChI is InChI=1S/C8H18N4O/c1-6-3-2-4-7(5-6)12(10)8(13)11-9/h6-7H,2-5,9-10H2,1H3,(H,11,13). The maximum Gasteiger partial charge on any atom is 0.345 e. The van der Waals surface area contributed by atoms with Crippen molar-refractivity contribution in [2.24, 2.45) is 17.6 Å². The Kier molecular flexibility index (Phi) is 3.50. The van der Waals surface area contributed by atoms with Crippen LogP contribution >= 0.6 is 0 Å². The van der Waals surface area contributed by atoms with Crippen LogP contribution < -0.4 is 17.1 Å². The molecule has 0 bridgehead atoms. The van der Waals surface area contributed by atoms with E-state index in [-0.39, 0.29) is 6.04 Å². The smallest absolute Gasteiger partial charge is 0.275 e. The summed E-state index contributed by atoms with van der Waals surface area (Å²) in [6, 6.07) is -0.258. The molecule has 1 aliphatic rings. The largest absolute Gasteiger partial charge is 0.345 e. The highest BCUT2D eigenvalue weighted by atomic mass is 16.2. The zero-order chi connectivity index (χ0) is 9.84. The second kappa shape index (κ2) is 4.43. The van der Waals surface area contributed by atoms with Crippen LogP contribution in [-0.2, 0) is 0 Å². The highest BCUT2D eigenvalue weighted by Crippen LogP contribution is 2.25. The fourth-order valence-electron chi connectivity index (χ4n) is 1.90. The SMILES string of the molecule is CC1CCCC(N(N)C(=O)NN)C1. The summed E-state index contributed by atoms with van der Waals surface area (Å²) in [5, 5.41) is 1.22. The van der Waals surface area contributed by atoms with Gasteiger partial charge in [0, 0.05) is 0 Å². The van der Waals surface area contributed by atoms with Crippen molar-refractivity contribution in [2.75, 3.05) is 0 Å². The van der Waals surface area contributed by atoms with E-state index >= 15 is 0 Å². The number of nitrogens with one attached hydrogen (secondary N) is 1. The van der Waals surface area contributed by atoms with Gasteiger partial charge in [0.25, 0.3) is 0 Å². The lowest BCUT2D eigenvalue weighted by Gasteiger charge is -2.32. The number of hydrogen-bond acceptors (Lipinski definition) is 3. The number of rotatable bonds is 1. The Bertz CT molecular complexity index is 185. The normalized spacial score (nSPS) is 28.2. The highest BCUT2D eigenvalue weighted by Gasteiger charge is 2.25. The van der Waals surface area contributed by atoms with Crippen molar-refractivity contribution in [1.29, 1.82) is 0 Å². The van der Waals surface area contributed by atoms with E-state index < -0.39 is 6.03 Å². The predicted molar refractivity (Wildman–Crippen MR) is 50.2 cm³/mol. The molecule has 5 heteroatoms. The predicted octanol–water partition coefficient (Wildman–Crippen LogP) is 0.324. The molecule has 1 rings (SSSR count). The number of nitrogens with zero attached hydrogens (tertiary/aromatic N) is 1. The molecule has 0 aromatic carbocycles. The Balaban J connectivity index is 2.45. The summed E-state index contributed by atoms with van der Waals surface area (Å²) in [4.78, 5) is 11.1. The lowest BCUT2D eigenvalue weighted by molar-refractivity contribution is 0.143. The van der Waals surface area contributed by atoms with E-state index in [1.807, 2.05) is 5.43 Å². The van der Waals surface area contributed by atoms with Crippen LogP contribution in [0.15, 0.2) is 0 Å². The van der Waals surface area contributed by atoms with Gasteiger partial charge in [-0.15, -0.1) is 0 Å². The summed E-state index contributed by atoms with van der Waals surface area (Å²) in [5.74, 6) is 11.2. The molecule has 2 amide bonds. The summed E-state index contributed by atoms with van der Waals surface area (Å²) >= 11 is 0. The fraction of sp³-hybridized carbons (Fsp3) is 0.875. The third kappa shape index (κ3) is 2.57. The minimum Gasteiger partial charge on any atom is -0.275 e. The van der Waals surface area contributed by atoms with Gasteiger partial charge in [0.2, 0.25) is 0 Å². The molecule has 0 spiro atoms. The fourth-order valence-corrected chi connectivity index (χ4v) is 1.90. The Morgan fingerprint density at radius 3 is 2.77 bits per heavy atom. The maximum atomic E-state index is 11.1. The van der Waals surface area contributed by atoms with Crippen LogP contribution in [0.4, 0.5) is 4.79 Å². The molecule has 0 saturated heterocycles. The molecule has 0 aromatic rings. The zero-order valence-corrected chi connectivity index (χ0v) is 7.99. The first kappa shape index (κ1) is 10.3. The number of hydrogen-bond donors (Lipinski definition) is 3. The molecule has 0 heterocycles. The summed E-state index contributed by atoms with van der Waals surface area (Å²) in [5.41, 5.74) is 2.04. The van der Waals surface area contributed by atoms with E-state index in [2.05, 4.69) is 6.92 Å². The van der Waals surface area contributed by atoms with Crippen LogP contribution in [0, 0.1) is 5.92 Å². The van der Waals surface area contributed by atoms with E-state index in [1.54, 1.807) is 0 Å². The first-order valence-corrected chi connectivity index (χ1v) is 4.69. The van der Waals surface area contributed by atoms with Crippen LogP contribution in [0.3, 0.4) is 0 Å². The summed E-state index contributed by atoms with van der Waals surface area (Å²) in [6.07, 6.45) is 4.32. The van der Waals surface area contributed by atoms with Gasteiger partial charge in [0.15, 0.2) is 0 Å². The second-order valence-corrected chi connectivity index (χ2v) is 3.78. The lowest BCUT2D eigenvalue weighted by atomic mass is 9.87. The molecule has 5 nitrogen and oxygen atoms in total. The molecular weight excluding hydrogens is 168 g/mol. The van der Waals surface area contributed by atoms with E-state index in [4.69, 9.17) is 11.7 Å². The second-order valence-electron chi connectivity index (χ2n) is 3.78. The first-order chi connectivity index (χ1) is 6.15. The van der Waals surface area contributed by atoms with Gasteiger partial charge in [0.05, 0.1) is 6.04 Å². The Morgan fingerprint density at radius 1 is 1.54 bits per heavy atom. The van der Waals surface area contributed by atoms with E-state index in [0.717, 1.165) is 19.3 Å². The topological polar surface area (TPSA) is 84.4 Å². The number of nitrogens with two attached hydrogens (primary N) is 2. The van der Waals surface area contributed by atoms with Gasteiger partial charge in [-0.3, -0.25) is 10.4 Å². The molecule has 13 heavy (non-hydrogen) atoms. The Hall–Kier alpha value is -0.810. The molecule has 0 radical (unpaired) electrons. The number of carbonyl (C=O) groups excluding carboxylic acids is 1. The Labute approximate surface area is 78.4 Å². The molecule has 0 aromatic heterocycles. The zero-order valence-electron chi connectivity index (χ0n) is 7.99. The van der Waals surface area contributed by atoms with Crippen LogP contribution in [0.1, 0.15) is 32.6 Å². The highest BCUT2D eigenvalue weighted by molar-refractivity contribution is 5.73. The van der Waals surface area contributed by atoms with E-state index in [9.17, 15) is 4.79 Å². The molecule has 0 aliphatic heterocycles. The third-order valence-electron chi connectivity index (χ3n) is 2.66. The summed E-state index contributed by atoms with van der Waals surface area (Å²) in [6.45, 7) is 2.18. The van der Waals surface area contributed by atoms with E-state index in [1.165, 1.54) is 11.4 Å². The minimum atomic E-state index is -0.404. The quantitative estimate of drug-likeness (QED) is 0.313. The van der Waals surface area contributed by atoms with Crippen molar-refractivity contribution in [3.05, 3.63) is 0 Å². The average molecular weight is 186 g/mol. The van der Waals surface area contributed by atoms with Crippen molar-refractivity contribution in [1.82, 2.24) is 10.4 Å². The van der Waals surface area contributed by atoms with Crippen molar-refractivity contribution < 1.29 is 4.79 Å². The monoisotopic (exact) mass is 186 g/mol. The van der Waals surface area contributed by atoms with Gasteiger partial charge in [-0.1, -0.05) is 19.8 Å². The molecule has 76 valence electrons. The van der Waals surface area contributed by atoms with Gasteiger partial charge < -0.3 is 0 Å². The van der Waals surface area contributed by atoms with Crippen molar-refractivity contribution in [2.45, 2.75) is 38.6 Å². The lowest BCUT2D eigenvalue weighted by Crippen LogP contribution is -2.53. The van der Waals surface area contributed by atoms with Gasteiger partial charge in [-0.25, -0.2) is 16.5 Å². The molecule has 1 aliphatic carbocycles. The van der Waals surface area contributed by atoms with Crippen molar-refractivity contribution in [3.63, 3.8) is 0 Å². The maximum absolute atomic E-state index is 11.1. The molecule has 1 fully saturated rings. The number of urea groups is 1. The molecule has 1 saturated carbocycles. The van der Waals surface area contributed by atoms with E-state index in [0.29, 0.717) is 5.92 Å². The van der Waals surface area contributed by atoms with Crippen molar-refractivity contribution >= 4 is 6.03 Å². The Morgan fingerprint density at radius 2 is 2.23 bits per heavy atom. The molecule has 5 N–H and O–H groups in total. The number of carbonyl (C=O) groups is 1. The third-order valence-corrected chi connectivity index (χ3v) is 2.66. The number of hydrazine groups is 2. The molecule has 2 unspecified atom stereocenters. The summed E-state index contributed by atoms with van der Waals surface area (Å²) < 4.78 is 0. The van der Waals surface area contributed by atoms with Crippen LogP contribution in [0.25, 0.3) is 0 Å². The van der Waals surface area contributed by atoms with Crippen LogP contribution in [-0.4, -0.2) is 17.1 Å². The van der Waals surface area contributed by atoms with Gasteiger partial charge in [-0.2, -0.15) is 0 Å². The minimum absolute atomic E-state index is 0.146. The van der Waals surface area contributed by atoms with Gasteiger partial charge >= 0.3 is 6.03 Å². The van der Waals surface area contributed by atoms with Crippen LogP contribution in [0.2, 0.25) is 0 Å². The molecular formula is C8H18N4O. The summed E-state index contributed by atoms with van der Waals surface area (Å²) in [7, 11) is 0. The van der Waals surface area contributed by atoms with Gasteiger partial charge in [-0.05, 0) is 18.8 Å².